The number of aliphatic imine (C=N–C) groups is 1. The largest absolute Gasteiger partial charge is 0.357 e. The Morgan fingerprint density at radius 2 is 2.00 bits per heavy atom. The second-order valence-corrected chi connectivity index (χ2v) is 8.13. The quantitative estimate of drug-likeness (QED) is 0.376. The Hall–Kier alpha value is -0.900. The van der Waals surface area contributed by atoms with Crippen molar-refractivity contribution in [2.45, 2.75) is 60.0 Å². The predicted octanol–water partition coefficient (Wildman–Crippen LogP) is 3.08. The molecule has 0 radical (unpaired) electrons. The van der Waals surface area contributed by atoms with Gasteiger partial charge in [0, 0.05) is 36.5 Å². The van der Waals surface area contributed by atoms with Crippen LogP contribution >= 0.6 is 35.3 Å². The first kappa shape index (κ1) is 23.1. The smallest absolute Gasteiger partial charge is 0.225 e. The Morgan fingerprint density at radius 1 is 1.35 bits per heavy atom. The third-order valence-corrected chi connectivity index (χ3v) is 5.49. The Bertz CT molecular complexity index is 589. The van der Waals surface area contributed by atoms with Crippen LogP contribution in [0.1, 0.15) is 49.2 Å². The molecule has 148 valence electrons. The van der Waals surface area contributed by atoms with Crippen molar-refractivity contribution >= 4 is 47.2 Å². The number of aromatic nitrogens is 1. The number of amides is 1. The standard InChI is InChI=1S/C18H31N5OS.HI/c1-6-19-18(20-11-16-21-13(4)14(5)25-16)22-15-7-9-23(10-8-15)17(24)12(2)3;/h12,15H,6-11H2,1-5H3,(H2,19,20,22);1H. The topological polar surface area (TPSA) is 69.6 Å². The second kappa shape index (κ2) is 11.1. The molecule has 1 saturated heterocycles. The number of hydrogen-bond acceptors (Lipinski definition) is 4. The molecule has 0 aliphatic carbocycles. The van der Waals surface area contributed by atoms with Crippen LogP contribution in [0.15, 0.2) is 4.99 Å². The van der Waals surface area contributed by atoms with Crippen LogP contribution in [0, 0.1) is 19.8 Å². The number of carbonyl (C=O) groups excluding carboxylic acids is 1. The predicted molar refractivity (Wildman–Crippen MR) is 119 cm³/mol. The summed E-state index contributed by atoms with van der Waals surface area (Å²) in [5.41, 5.74) is 1.09. The summed E-state index contributed by atoms with van der Waals surface area (Å²) < 4.78 is 0. The van der Waals surface area contributed by atoms with Crippen molar-refractivity contribution in [3.63, 3.8) is 0 Å². The lowest BCUT2D eigenvalue weighted by atomic mass is 10.0. The molecule has 1 amide bonds. The lowest BCUT2D eigenvalue weighted by Crippen LogP contribution is -2.50. The molecule has 1 aromatic heterocycles. The van der Waals surface area contributed by atoms with Gasteiger partial charge in [0.25, 0.3) is 0 Å². The fourth-order valence-electron chi connectivity index (χ4n) is 2.88. The molecule has 0 saturated carbocycles. The van der Waals surface area contributed by atoms with Gasteiger partial charge in [-0.15, -0.1) is 35.3 Å². The van der Waals surface area contributed by atoms with Gasteiger partial charge in [-0.05, 0) is 33.6 Å². The van der Waals surface area contributed by atoms with Gasteiger partial charge in [-0.25, -0.2) is 9.98 Å². The minimum Gasteiger partial charge on any atom is -0.357 e. The maximum atomic E-state index is 12.1. The van der Waals surface area contributed by atoms with Gasteiger partial charge in [-0.1, -0.05) is 13.8 Å². The van der Waals surface area contributed by atoms with E-state index in [-0.39, 0.29) is 35.8 Å². The molecule has 0 atom stereocenters. The van der Waals surface area contributed by atoms with Crippen LogP contribution in [-0.2, 0) is 11.3 Å². The van der Waals surface area contributed by atoms with Gasteiger partial charge in [0.15, 0.2) is 5.96 Å². The number of likely N-dealkylation sites (tertiary alicyclic amines) is 1. The summed E-state index contributed by atoms with van der Waals surface area (Å²) in [7, 11) is 0. The number of guanidine groups is 1. The molecule has 26 heavy (non-hydrogen) atoms. The van der Waals surface area contributed by atoms with Crippen LogP contribution in [-0.4, -0.2) is 47.4 Å². The molecule has 0 unspecified atom stereocenters. The second-order valence-electron chi connectivity index (χ2n) is 6.84. The minimum atomic E-state index is 0. The van der Waals surface area contributed by atoms with E-state index in [1.807, 2.05) is 25.7 Å². The summed E-state index contributed by atoms with van der Waals surface area (Å²) in [5, 5.41) is 7.87. The van der Waals surface area contributed by atoms with E-state index in [0.29, 0.717) is 12.6 Å². The maximum Gasteiger partial charge on any atom is 0.225 e. The fourth-order valence-corrected chi connectivity index (χ4v) is 3.73. The van der Waals surface area contributed by atoms with Crippen molar-refractivity contribution in [1.29, 1.82) is 0 Å². The van der Waals surface area contributed by atoms with Gasteiger partial charge < -0.3 is 15.5 Å². The molecule has 2 rings (SSSR count). The Kier molecular flexibility index (Phi) is 9.84. The van der Waals surface area contributed by atoms with E-state index in [4.69, 9.17) is 0 Å². The third-order valence-electron chi connectivity index (χ3n) is 4.43. The molecule has 1 aromatic rings. The molecule has 0 spiro atoms. The molecule has 8 heteroatoms. The van der Waals surface area contributed by atoms with Gasteiger partial charge in [0.1, 0.15) is 5.01 Å². The van der Waals surface area contributed by atoms with E-state index >= 15 is 0 Å². The lowest BCUT2D eigenvalue weighted by Gasteiger charge is -2.34. The Balaban J connectivity index is 0.00000338. The highest BCUT2D eigenvalue weighted by Gasteiger charge is 2.24. The zero-order valence-corrected chi connectivity index (χ0v) is 19.6. The van der Waals surface area contributed by atoms with E-state index in [1.54, 1.807) is 11.3 Å². The number of hydrogen-bond donors (Lipinski definition) is 2. The number of nitrogens with zero attached hydrogens (tertiary/aromatic N) is 3. The number of halogens is 1. The molecule has 1 aliphatic heterocycles. The summed E-state index contributed by atoms with van der Waals surface area (Å²) in [5.74, 6) is 1.17. The number of carbonyl (C=O) groups is 1. The number of piperidine rings is 1. The maximum absolute atomic E-state index is 12.1. The highest BCUT2D eigenvalue weighted by atomic mass is 127. The average molecular weight is 493 g/mol. The molecule has 6 nitrogen and oxygen atoms in total. The summed E-state index contributed by atoms with van der Waals surface area (Å²) >= 11 is 1.71. The average Bonchev–Trinajstić information content (AvgIpc) is 2.91. The first-order valence-corrected chi connectivity index (χ1v) is 9.98. The molecular formula is C18H32IN5OS. The molecule has 0 aromatic carbocycles. The van der Waals surface area contributed by atoms with Crippen molar-refractivity contribution in [2.75, 3.05) is 19.6 Å². The molecule has 1 aliphatic rings. The summed E-state index contributed by atoms with van der Waals surface area (Å²) in [6.45, 7) is 13.2. The van der Waals surface area contributed by atoms with Gasteiger partial charge in [0.05, 0.1) is 12.2 Å². The third kappa shape index (κ3) is 6.68. The fraction of sp³-hybridized carbons (Fsp3) is 0.722. The number of rotatable bonds is 5. The van der Waals surface area contributed by atoms with Crippen molar-refractivity contribution in [1.82, 2.24) is 20.5 Å². The highest BCUT2D eigenvalue weighted by molar-refractivity contribution is 14.0. The Labute approximate surface area is 178 Å². The summed E-state index contributed by atoms with van der Waals surface area (Å²) in [4.78, 5) is 24.5. The van der Waals surface area contributed by atoms with E-state index in [0.717, 1.165) is 49.1 Å². The van der Waals surface area contributed by atoms with Crippen molar-refractivity contribution in [3.05, 3.63) is 15.6 Å². The Morgan fingerprint density at radius 3 is 2.50 bits per heavy atom. The van der Waals surface area contributed by atoms with Crippen LogP contribution in [0.25, 0.3) is 0 Å². The zero-order chi connectivity index (χ0) is 18.4. The van der Waals surface area contributed by atoms with Crippen LogP contribution in [0.3, 0.4) is 0 Å². The van der Waals surface area contributed by atoms with Crippen molar-refractivity contribution in [2.24, 2.45) is 10.9 Å². The number of nitrogens with one attached hydrogen (secondary N) is 2. The molecule has 0 bridgehead atoms. The van der Waals surface area contributed by atoms with Crippen LogP contribution < -0.4 is 10.6 Å². The molecule has 1 fully saturated rings. The van der Waals surface area contributed by atoms with Crippen molar-refractivity contribution < 1.29 is 4.79 Å². The van der Waals surface area contributed by atoms with Gasteiger partial charge in [0.2, 0.25) is 5.91 Å². The van der Waals surface area contributed by atoms with Crippen LogP contribution in [0.5, 0.6) is 0 Å². The molecule has 2 N–H and O–H groups in total. The minimum absolute atomic E-state index is 0. The summed E-state index contributed by atoms with van der Waals surface area (Å²) in [6, 6.07) is 0.355. The lowest BCUT2D eigenvalue weighted by molar-refractivity contribution is -0.135. The molecule has 2 heterocycles. The van der Waals surface area contributed by atoms with E-state index in [9.17, 15) is 4.79 Å². The normalized spacial score (nSPS) is 15.8. The van der Waals surface area contributed by atoms with Gasteiger partial charge in [-0.3, -0.25) is 4.79 Å². The van der Waals surface area contributed by atoms with Crippen LogP contribution in [0.4, 0.5) is 0 Å². The monoisotopic (exact) mass is 493 g/mol. The van der Waals surface area contributed by atoms with E-state index in [1.165, 1.54) is 4.88 Å². The van der Waals surface area contributed by atoms with Gasteiger partial charge in [-0.2, -0.15) is 0 Å². The van der Waals surface area contributed by atoms with E-state index in [2.05, 4.69) is 34.5 Å². The zero-order valence-electron chi connectivity index (χ0n) is 16.5. The summed E-state index contributed by atoms with van der Waals surface area (Å²) in [6.07, 6.45) is 1.91. The first-order chi connectivity index (χ1) is 11.9. The highest BCUT2D eigenvalue weighted by Crippen LogP contribution is 2.17. The number of aryl methyl sites for hydroxylation is 2. The first-order valence-electron chi connectivity index (χ1n) is 9.17. The number of thiazole rings is 1. The van der Waals surface area contributed by atoms with Crippen molar-refractivity contribution in [3.8, 4) is 0 Å². The van der Waals surface area contributed by atoms with Gasteiger partial charge >= 0.3 is 0 Å². The SMILES string of the molecule is CCNC(=NCc1nc(C)c(C)s1)NC1CCN(C(=O)C(C)C)CC1.I. The molecular weight excluding hydrogens is 461 g/mol. The van der Waals surface area contributed by atoms with E-state index < -0.39 is 0 Å². The van der Waals surface area contributed by atoms with Crippen LogP contribution in [0.2, 0.25) is 0 Å².